The minimum Gasteiger partial charge on any atom is -0.508 e. The zero-order valence-corrected chi connectivity index (χ0v) is 11.9. The van der Waals surface area contributed by atoms with Crippen LogP contribution in [-0.2, 0) is 15.4 Å². The molecule has 0 spiro atoms. The number of piperidine rings is 1. The molecule has 1 aliphatic rings. The first-order chi connectivity index (χ1) is 9.17. The zero-order valence-electron chi connectivity index (χ0n) is 11.0. The highest BCUT2D eigenvalue weighted by Gasteiger charge is 2.35. The number of thioether (sulfide) groups is 1. The van der Waals surface area contributed by atoms with Gasteiger partial charge in [0.15, 0.2) is 0 Å². The van der Waals surface area contributed by atoms with Gasteiger partial charge in [-0.2, -0.15) is 5.06 Å². The predicted molar refractivity (Wildman–Crippen MR) is 76.0 cm³/mol. The number of hydroxylamine groups is 2. The molecule has 19 heavy (non-hydrogen) atoms. The highest BCUT2D eigenvalue weighted by molar-refractivity contribution is 8.00. The Morgan fingerprint density at radius 1 is 1.37 bits per heavy atom. The maximum atomic E-state index is 11.4. The van der Waals surface area contributed by atoms with Crippen LogP contribution in [0.25, 0.3) is 0 Å². The van der Waals surface area contributed by atoms with E-state index in [1.54, 1.807) is 31.0 Å². The van der Waals surface area contributed by atoms with Crippen molar-refractivity contribution in [2.75, 3.05) is 20.2 Å². The molecule has 1 heterocycles. The molecular formula is C14H19NO3S. The number of hydrogen-bond acceptors (Lipinski definition) is 5. The third-order valence-corrected chi connectivity index (χ3v) is 5.06. The molecule has 1 fully saturated rings. The summed E-state index contributed by atoms with van der Waals surface area (Å²) in [5, 5.41) is 11.1. The lowest BCUT2D eigenvalue weighted by Gasteiger charge is -2.36. The number of carbonyl (C=O) groups excluding carboxylic acids is 1. The second-order valence-electron chi connectivity index (χ2n) is 4.75. The van der Waals surface area contributed by atoms with E-state index >= 15 is 0 Å². The van der Waals surface area contributed by atoms with E-state index in [4.69, 9.17) is 4.84 Å². The lowest BCUT2D eigenvalue weighted by atomic mass is 9.98. The van der Waals surface area contributed by atoms with Crippen LogP contribution in [0.15, 0.2) is 24.3 Å². The number of rotatable bonds is 5. The molecule has 1 saturated heterocycles. The first-order valence-electron chi connectivity index (χ1n) is 6.35. The minimum atomic E-state index is -0.299. The highest BCUT2D eigenvalue weighted by Crippen LogP contribution is 2.36. The molecule has 0 radical (unpaired) electrons. The molecule has 0 atom stereocenters. The number of aromatic hydroxyl groups is 1. The number of phenols is 1. The Hall–Kier alpha value is -1.04. The predicted octanol–water partition coefficient (Wildman–Crippen LogP) is 2.22. The molecule has 4 nitrogen and oxygen atoms in total. The van der Waals surface area contributed by atoms with Crippen molar-refractivity contribution in [2.45, 2.75) is 23.3 Å². The van der Waals surface area contributed by atoms with E-state index < -0.39 is 0 Å². The van der Waals surface area contributed by atoms with E-state index in [1.165, 1.54) is 0 Å². The van der Waals surface area contributed by atoms with Crippen LogP contribution in [0.1, 0.15) is 18.4 Å². The zero-order chi connectivity index (χ0) is 13.7. The van der Waals surface area contributed by atoms with Crippen LogP contribution < -0.4 is 0 Å². The largest absolute Gasteiger partial charge is 0.508 e. The smallest absolute Gasteiger partial charge is 0.136 e. The van der Waals surface area contributed by atoms with Gasteiger partial charge >= 0.3 is 0 Å². The third-order valence-electron chi connectivity index (χ3n) is 3.50. The van der Waals surface area contributed by atoms with Crippen molar-refractivity contribution in [3.05, 3.63) is 29.8 Å². The molecule has 0 amide bonds. The number of hydrogen-bond donors (Lipinski definition) is 1. The fourth-order valence-corrected chi connectivity index (χ4v) is 3.35. The lowest BCUT2D eigenvalue weighted by molar-refractivity contribution is -0.147. The van der Waals surface area contributed by atoms with Gasteiger partial charge in [-0.3, -0.25) is 0 Å². The summed E-state index contributed by atoms with van der Waals surface area (Å²) in [6.07, 6.45) is 2.71. The van der Waals surface area contributed by atoms with Crippen LogP contribution in [0, 0.1) is 0 Å². The summed E-state index contributed by atoms with van der Waals surface area (Å²) in [5.74, 6) is 1.05. The molecule has 5 heteroatoms. The van der Waals surface area contributed by atoms with Gasteiger partial charge in [0, 0.05) is 18.8 Å². The van der Waals surface area contributed by atoms with Crippen molar-refractivity contribution in [1.29, 1.82) is 0 Å². The number of phenolic OH excluding ortho intramolecular Hbond substituents is 1. The monoisotopic (exact) mass is 281 g/mol. The van der Waals surface area contributed by atoms with Gasteiger partial charge in [-0.05, 0) is 30.5 Å². The summed E-state index contributed by atoms with van der Waals surface area (Å²) in [6.45, 7) is 1.58. The molecular weight excluding hydrogens is 262 g/mol. The number of nitrogens with zero attached hydrogens (tertiary/aromatic N) is 1. The molecule has 1 aromatic carbocycles. The van der Waals surface area contributed by atoms with Crippen molar-refractivity contribution < 1.29 is 14.7 Å². The summed E-state index contributed by atoms with van der Waals surface area (Å²) in [7, 11) is 1.66. The van der Waals surface area contributed by atoms with Gasteiger partial charge in [0.05, 0.1) is 11.9 Å². The minimum absolute atomic E-state index is 0.271. The average Bonchev–Trinajstić information content (AvgIpc) is 2.47. The number of carbonyl (C=O) groups is 1. The summed E-state index contributed by atoms with van der Waals surface area (Å²) in [6, 6.07) is 7.14. The van der Waals surface area contributed by atoms with Gasteiger partial charge in [0.2, 0.25) is 0 Å². The number of aldehydes is 1. The van der Waals surface area contributed by atoms with Crippen LogP contribution in [0.4, 0.5) is 0 Å². The average molecular weight is 281 g/mol. The van der Waals surface area contributed by atoms with Gasteiger partial charge < -0.3 is 14.7 Å². The molecule has 0 aliphatic carbocycles. The fraction of sp³-hybridized carbons (Fsp3) is 0.500. The Morgan fingerprint density at radius 2 is 2.00 bits per heavy atom. The number of benzene rings is 1. The van der Waals surface area contributed by atoms with E-state index in [0.717, 1.165) is 43.5 Å². The van der Waals surface area contributed by atoms with E-state index in [0.29, 0.717) is 0 Å². The van der Waals surface area contributed by atoms with Crippen molar-refractivity contribution in [3.8, 4) is 5.75 Å². The quantitative estimate of drug-likeness (QED) is 0.839. The Balaban J connectivity index is 1.92. The van der Waals surface area contributed by atoms with Crippen LogP contribution >= 0.6 is 11.8 Å². The van der Waals surface area contributed by atoms with Crippen molar-refractivity contribution >= 4 is 18.0 Å². The summed E-state index contributed by atoms with van der Waals surface area (Å²) in [5.41, 5.74) is 1.12. The van der Waals surface area contributed by atoms with Gasteiger partial charge in [0.1, 0.15) is 12.0 Å². The van der Waals surface area contributed by atoms with Gasteiger partial charge in [0.25, 0.3) is 0 Å². The van der Waals surface area contributed by atoms with Crippen molar-refractivity contribution in [1.82, 2.24) is 5.06 Å². The molecule has 0 aromatic heterocycles. The van der Waals surface area contributed by atoms with Gasteiger partial charge in [-0.15, -0.1) is 11.8 Å². The molecule has 0 bridgehead atoms. The van der Waals surface area contributed by atoms with E-state index in [2.05, 4.69) is 0 Å². The standard InChI is InChI=1S/C14H19NO3S/c1-18-15-8-6-14(11-16,7-9-15)19-10-12-2-4-13(17)5-3-12/h2-5,11,17H,6-10H2,1H3. The Kier molecular flexibility index (Phi) is 4.85. The highest BCUT2D eigenvalue weighted by atomic mass is 32.2. The Labute approximate surface area is 117 Å². The van der Waals surface area contributed by atoms with Crippen LogP contribution in [0.2, 0.25) is 0 Å². The molecule has 1 aliphatic heterocycles. The second-order valence-corrected chi connectivity index (χ2v) is 6.14. The maximum Gasteiger partial charge on any atom is 0.136 e. The fourth-order valence-electron chi connectivity index (χ4n) is 2.16. The topological polar surface area (TPSA) is 49.8 Å². The first-order valence-corrected chi connectivity index (χ1v) is 7.33. The molecule has 0 unspecified atom stereocenters. The molecule has 104 valence electrons. The van der Waals surface area contributed by atoms with E-state index in [1.807, 2.05) is 17.2 Å². The van der Waals surface area contributed by atoms with Crippen molar-refractivity contribution in [2.24, 2.45) is 0 Å². The van der Waals surface area contributed by atoms with Crippen molar-refractivity contribution in [3.63, 3.8) is 0 Å². The van der Waals surface area contributed by atoms with E-state index in [-0.39, 0.29) is 10.5 Å². The Bertz CT molecular complexity index is 413. The second kappa shape index (κ2) is 6.41. The summed E-state index contributed by atoms with van der Waals surface area (Å²) >= 11 is 1.68. The SMILES string of the molecule is CON1CCC(C=O)(SCc2ccc(O)cc2)CC1. The van der Waals surface area contributed by atoms with Crippen LogP contribution in [-0.4, -0.2) is 41.4 Å². The lowest BCUT2D eigenvalue weighted by Crippen LogP contribution is -2.42. The molecule has 1 aromatic rings. The van der Waals surface area contributed by atoms with Crippen LogP contribution in [0.5, 0.6) is 5.75 Å². The van der Waals surface area contributed by atoms with E-state index in [9.17, 15) is 9.90 Å². The third kappa shape index (κ3) is 3.72. The maximum absolute atomic E-state index is 11.4. The molecule has 2 rings (SSSR count). The normalized spacial score (nSPS) is 19.2. The van der Waals surface area contributed by atoms with Gasteiger partial charge in [-0.1, -0.05) is 12.1 Å². The van der Waals surface area contributed by atoms with Crippen LogP contribution in [0.3, 0.4) is 0 Å². The molecule has 0 saturated carbocycles. The summed E-state index contributed by atoms with van der Waals surface area (Å²) < 4.78 is -0.299. The summed E-state index contributed by atoms with van der Waals surface area (Å²) in [4.78, 5) is 16.6. The first kappa shape index (κ1) is 14.4. The van der Waals surface area contributed by atoms with Gasteiger partial charge in [-0.25, -0.2) is 0 Å². The Morgan fingerprint density at radius 3 is 2.53 bits per heavy atom. The molecule has 1 N–H and O–H groups in total.